The van der Waals surface area contributed by atoms with Crippen molar-refractivity contribution in [2.24, 2.45) is 0 Å². The topological polar surface area (TPSA) is 78.9 Å². The van der Waals surface area contributed by atoms with E-state index in [-0.39, 0.29) is 16.2 Å². The summed E-state index contributed by atoms with van der Waals surface area (Å²) in [6.07, 6.45) is 1.66. The molecule has 0 unspecified atom stereocenters. The quantitative estimate of drug-likeness (QED) is 0.661. The number of nitrogens with one attached hydrogen (secondary N) is 1. The SMILES string of the molecule is O=c1[nH]c(-c2ccc(Br)c3cccnc23)nc(O)c1Br. The highest BCUT2D eigenvalue weighted by Gasteiger charge is 2.13. The van der Waals surface area contributed by atoms with Crippen LogP contribution < -0.4 is 5.56 Å². The van der Waals surface area contributed by atoms with Crippen LogP contribution >= 0.6 is 31.9 Å². The van der Waals surface area contributed by atoms with Crippen molar-refractivity contribution < 1.29 is 5.11 Å². The van der Waals surface area contributed by atoms with Crippen LogP contribution in [0.1, 0.15) is 0 Å². The first kappa shape index (κ1) is 13.3. The summed E-state index contributed by atoms with van der Waals surface area (Å²) in [5, 5.41) is 10.6. The zero-order chi connectivity index (χ0) is 14.3. The molecule has 5 nitrogen and oxygen atoms in total. The summed E-state index contributed by atoms with van der Waals surface area (Å²) in [6, 6.07) is 7.36. The Morgan fingerprint density at radius 2 is 2.00 bits per heavy atom. The summed E-state index contributed by atoms with van der Waals surface area (Å²) in [5.74, 6) is -0.0809. The van der Waals surface area contributed by atoms with Gasteiger partial charge in [-0.25, -0.2) is 0 Å². The Balaban J connectivity index is 2.36. The standard InChI is InChI=1S/C13H7Br2N3O2/c14-8-4-3-7(10-6(8)2-1-5-16-10)11-17-12(19)9(15)13(20)18-11/h1-5H,(H2,17,18,19,20). The van der Waals surface area contributed by atoms with Crippen molar-refractivity contribution in [1.82, 2.24) is 15.0 Å². The van der Waals surface area contributed by atoms with Gasteiger partial charge < -0.3 is 10.1 Å². The van der Waals surface area contributed by atoms with Crippen molar-refractivity contribution in [2.75, 3.05) is 0 Å². The molecule has 0 saturated carbocycles. The molecule has 0 radical (unpaired) electrons. The van der Waals surface area contributed by atoms with Crippen molar-refractivity contribution in [1.29, 1.82) is 0 Å². The molecule has 0 aliphatic rings. The van der Waals surface area contributed by atoms with Gasteiger partial charge in [0, 0.05) is 21.6 Å². The van der Waals surface area contributed by atoms with Crippen molar-refractivity contribution in [2.45, 2.75) is 0 Å². The van der Waals surface area contributed by atoms with Crippen LogP contribution in [-0.2, 0) is 0 Å². The van der Waals surface area contributed by atoms with Gasteiger partial charge in [-0.15, -0.1) is 0 Å². The summed E-state index contributed by atoms with van der Waals surface area (Å²) >= 11 is 6.42. The molecule has 3 rings (SSSR count). The second kappa shape index (κ2) is 4.99. The molecule has 0 spiro atoms. The van der Waals surface area contributed by atoms with E-state index in [0.29, 0.717) is 11.1 Å². The number of H-pyrrole nitrogens is 1. The second-order valence-corrected chi connectivity index (χ2v) is 5.69. The van der Waals surface area contributed by atoms with E-state index in [1.54, 1.807) is 12.3 Å². The fourth-order valence-corrected chi connectivity index (χ4v) is 2.54. The van der Waals surface area contributed by atoms with Gasteiger partial charge in [-0.2, -0.15) is 4.98 Å². The van der Waals surface area contributed by atoms with Crippen molar-refractivity contribution in [3.05, 3.63) is 49.8 Å². The van der Waals surface area contributed by atoms with Crippen molar-refractivity contribution in [3.63, 3.8) is 0 Å². The average molecular weight is 397 g/mol. The van der Waals surface area contributed by atoms with Crippen LogP contribution in [0, 0.1) is 0 Å². The minimum Gasteiger partial charge on any atom is -0.492 e. The predicted octanol–water partition coefficient (Wildman–Crippen LogP) is 3.22. The lowest BCUT2D eigenvalue weighted by molar-refractivity contribution is 0.448. The zero-order valence-corrected chi connectivity index (χ0v) is 13.1. The molecular weight excluding hydrogens is 390 g/mol. The first-order valence-electron chi connectivity index (χ1n) is 5.60. The molecule has 0 fully saturated rings. The molecular formula is C13H7Br2N3O2. The lowest BCUT2D eigenvalue weighted by atomic mass is 10.1. The number of benzene rings is 1. The first-order valence-corrected chi connectivity index (χ1v) is 7.19. The highest BCUT2D eigenvalue weighted by atomic mass is 79.9. The molecule has 1 aromatic carbocycles. The molecule has 0 amide bonds. The third-order valence-corrected chi connectivity index (χ3v) is 4.22. The number of aromatic nitrogens is 3. The Labute approximate surface area is 130 Å². The number of rotatable bonds is 1. The second-order valence-electron chi connectivity index (χ2n) is 4.05. The monoisotopic (exact) mass is 395 g/mol. The maximum absolute atomic E-state index is 11.7. The van der Waals surface area contributed by atoms with E-state index in [2.05, 4.69) is 46.8 Å². The molecule has 0 bridgehead atoms. The van der Waals surface area contributed by atoms with Crippen LogP contribution in [0.3, 0.4) is 0 Å². The third kappa shape index (κ3) is 2.12. The van der Waals surface area contributed by atoms with E-state index >= 15 is 0 Å². The normalized spacial score (nSPS) is 10.9. The minimum absolute atomic E-state index is 0.00984. The lowest BCUT2D eigenvalue weighted by Gasteiger charge is -2.07. The van der Waals surface area contributed by atoms with Gasteiger partial charge in [0.25, 0.3) is 5.56 Å². The molecule has 7 heteroatoms. The average Bonchev–Trinajstić information content (AvgIpc) is 2.45. The van der Waals surface area contributed by atoms with Gasteiger partial charge >= 0.3 is 0 Å². The van der Waals surface area contributed by atoms with Gasteiger partial charge in [0.1, 0.15) is 10.3 Å². The molecule has 0 atom stereocenters. The molecule has 20 heavy (non-hydrogen) atoms. The Morgan fingerprint density at radius 1 is 1.20 bits per heavy atom. The van der Waals surface area contributed by atoms with Crippen molar-refractivity contribution in [3.8, 4) is 17.3 Å². The van der Waals surface area contributed by atoms with Gasteiger partial charge in [0.05, 0.1) is 5.52 Å². The maximum Gasteiger partial charge on any atom is 0.269 e. The van der Waals surface area contributed by atoms with E-state index in [9.17, 15) is 9.90 Å². The number of aromatic amines is 1. The number of hydrogen-bond donors (Lipinski definition) is 2. The highest BCUT2D eigenvalue weighted by molar-refractivity contribution is 9.11. The van der Waals surface area contributed by atoms with E-state index < -0.39 is 5.56 Å². The van der Waals surface area contributed by atoms with Gasteiger partial charge in [0.2, 0.25) is 5.88 Å². The Hall–Kier alpha value is -1.73. The van der Waals surface area contributed by atoms with Gasteiger partial charge in [0.15, 0.2) is 0 Å². The van der Waals surface area contributed by atoms with E-state index in [4.69, 9.17) is 0 Å². The molecule has 0 aliphatic carbocycles. The Kier molecular flexibility index (Phi) is 3.31. The van der Waals surface area contributed by atoms with Crippen LogP contribution in [-0.4, -0.2) is 20.1 Å². The van der Waals surface area contributed by atoms with Crippen LogP contribution in [0.25, 0.3) is 22.3 Å². The van der Waals surface area contributed by atoms with Crippen LogP contribution in [0.5, 0.6) is 5.88 Å². The van der Waals surface area contributed by atoms with Gasteiger partial charge in [-0.3, -0.25) is 9.78 Å². The van der Waals surface area contributed by atoms with E-state index in [0.717, 1.165) is 9.86 Å². The highest BCUT2D eigenvalue weighted by Crippen LogP contribution is 2.30. The minimum atomic E-state index is -0.445. The molecule has 0 aliphatic heterocycles. The molecule has 100 valence electrons. The number of nitrogens with zero attached hydrogens (tertiary/aromatic N) is 2. The summed E-state index contributed by atoms with van der Waals surface area (Å²) in [6.45, 7) is 0. The Morgan fingerprint density at radius 3 is 2.75 bits per heavy atom. The lowest BCUT2D eigenvalue weighted by Crippen LogP contribution is -2.10. The number of hydrogen-bond acceptors (Lipinski definition) is 4. The van der Waals surface area contributed by atoms with Crippen molar-refractivity contribution >= 4 is 42.8 Å². The van der Waals surface area contributed by atoms with E-state index in [1.165, 1.54) is 0 Å². The Bertz CT molecular complexity index is 877. The number of pyridine rings is 1. The maximum atomic E-state index is 11.7. The molecule has 2 heterocycles. The van der Waals surface area contributed by atoms with Crippen LogP contribution in [0.2, 0.25) is 0 Å². The van der Waals surface area contributed by atoms with E-state index in [1.807, 2.05) is 18.2 Å². The molecule has 3 aromatic rings. The van der Waals surface area contributed by atoms with Crippen LogP contribution in [0.4, 0.5) is 0 Å². The zero-order valence-electron chi connectivity index (χ0n) is 9.89. The summed E-state index contributed by atoms with van der Waals surface area (Å²) < 4.78 is 0.906. The van der Waals surface area contributed by atoms with Gasteiger partial charge in [-0.05, 0) is 34.1 Å². The fourth-order valence-electron chi connectivity index (χ4n) is 1.90. The smallest absolute Gasteiger partial charge is 0.269 e. The largest absolute Gasteiger partial charge is 0.492 e. The number of halogens is 2. The summed E-state index contributed by atoms with van der Waals surface area (Å²) in [5.41, 5.74) is 0.884. The summed E-state index contributed by atoms with van der Waals surface area (Å²) in [4.78, 5) is 22.6. The molecule has 0 saturated heterocycles. The van der Waals surface area contributed by atoms with Gasteiger partial charge in [-0.1, -0.05) is 22.0 Å². The molecule has 2 N–H and O–H groups in total. The summed E-state index contributed by atoms with van der Waals surface area (Å²) in [7, 11) is 0. The predicted molar refractivity (Wildman–Crippen MR) is 82.7 cm³/mol. The molecule has 2 aromatic heterocycles. The number of fused-ring (bicyclic) bond motifs is 1. The first-order chi connectivity index (χ1) is 9.58. The van der Waals surface area contributed by atoms with Crippen LogP contribution in [0.15, 0.2) is 44.2 Å². The third-order valence-electron chi connectivity index (χ3n) is 2.82. The fraction of sp³-hybridized carbons (Fsp3) is 0. The number of aromatic hydroxyl groups is 1.